The van der Waals surface area contributed by atoms with Gasteiger partial charge in [0.05, 0.1) is 18.5 Å². The lowest BCUT2D eigenvalue weighted by Gasteiger charge is -2.09. The number of phenols is 1. The van der Waals surface area contributed by atoms with E-state index >= 15 is 0 Å². The van der Waals surface area contributed by atoms with Crippen molar-refractivity contribution in [2.75, 3.05) is 6.26 Å². The Balaban J connectivity index is 2.09. The average Bonchev–Trinajstić information content (AvgIpc) is 3.03. The Bertz CT molecular complexity index is 996. The summed E-state index contributed by atoms with van der Waals surface area (Å²) in [7, 11) is -3.50. The van der Waals surface area contributed by atoms with Crippen LogP contribution in [0.1, 0.15) is 5.56 Å². The van der Waals surface area contributed by atoms with E-state index in [2.05, 4.69) is 10.1 Å². The Kier molecular flexibility index (Phi) is 4.08. The van der Waals surface area contributed by atoms with Crippen LogP contribution in [0.2, 0.25) is 0 Å². The highest BCUT2D eigenvalue weighted by atomic mass is 32.2. The van der Waals surface area contributed by atoms with Crippen molar-refractivity contribution in [3.8, 4) is 22.8 Å². The molecule has 0 aliphatic carbocycles. The van der Waals surface area contributed by atoms with Crippen molar-refractivity contribution in [2.45, 2.75) is 11.5 Å². The molecule has 0 atom stereocenters. The van der Waals surface area contributed by atoms with Crippen molar-refractivity contribution in [3.05, 3.63) is 54.4 Å². The van der Waals surface area contributed by atoms with Gasteiger partial charge in [0.15, 0.2) is 15.7 Å². The third kappa shape index (κ3) is 3.01. The van der Waals surface area contributed by atoms with Crippen LogP contribution < -0.4 is 0 Å². The monoisotopic (exact) mass is 345 g/mol. The minimum absolute atomic E-state index is 0.115. The maximum Gasteiger partial charge on any atom is 0.179 e. The Morgan fingerprint density at radius 1 is 1.12 bits per heavy atom. The van der Waals surface area contributed by atoms with Gasteiger partial charge in [-0.15, -0.1) is 0 Å². The maximum absolute atomic E-state index is 11.6. The second-order valence-electron chi connectivity index (χ2n) is 5.26. The van der Waals surface area contributed by atoms with E-state index in [9.17, 15) is 18.6 Å². The highest BCUT2D eigenvalue weighted by molar-refractivity contribution is 7.90. The first kappa shape index (κ1) is 16.2. The number of aromatic nitrogens is 3. The lowest BCUT2D eigenvalue weighted by molar-refractivity contribution is 0.281. The lowest BCUT2D eigenvalue weighted by Crippen LogP contribution is -2.03. The number of rotatable bonds is 4. The average molecular weight is 345 g/mol. The molecule has 0 unspecified atom stereocenters. The second kappa shape index (κ2) is 6.06. The number of hydrogen-bond donors (Lipinski definition) is 2. The zero-order valence-corrected chi connectivity index (χ0v) is 13.6. The molecule has 0 spiro atoms. The summed E-state index contributed by atoms with van der Waals surface area (Å²) in [6, 6.07) is 9.44. The van der Waals surface area contributed by atoms with Crippen molar-refractivity contribution in [2.24, 2.45) is 0 Å². The van der Waals surface area contributed by atoms with Gasteiger partial charge in [0.1, 0.15) is 10.6 Å². The normalized spacial score (nSPS) is 11.6. The quantitative estimate of drug-likeness (QED) is 0.743. The van der Waals surface area contributed by atoms with Crippen molar-refractivity contribution < 1.29 is 18.6 Å². The van der Waals surface area contributed by atoms with Crippen molar-refractivity contribution in [1.29, 1.82) is 0 Å². The van der Waals surface area contributed by atoms with Crippen LogP contribution in [0.15, 0.2) is 53.7 Å². The first-order valence-corrected chi connectivity index (χ1v) is 8.93. The summed E-state index contributed by atoms with van der Waals surface area (Å²) >= 11 is 0. The van der Waals surface area contributed by atoms with Gasteiger partial charge < -0.3 is 10.2 Å². The smallest absolute Gasteiger partial charge is 0.179 e. The fourth-order valence-corrected chi connectivity index (χ4v) is 3.12. The number of aliphatic hydroxyl groups is 1. The highest BCUT2D eigenvalue weighted by Crippen LogP contribution is 2.30. The summed E-state index contributed by atoms with van der Waals surface area (Å²) in [5.41, 5.74) is 1.92. The largest absolute Gasteiger partial charge is 0.507 e. The Labute approximate surface area is 138 Å². The predicted molar refractivity (Wildman–Crippen MR) is 87.5 cm³/mol. The summed E-state index contributed by atoms with van der Waals surface area (Å²) in [6.07, 6.45) is 4.18. The minimum atomic E-state index is -3.50. The number of phenolic OH excluding ortho intramolecular Hbond substituents is 1. The van der Waals surface area contributed by atoms with Gasteiger partial charge in [0.25, 0.3) is 0 Å². The molecule has 2 aromatic heterocycles. The third-order valence-corrected chi connectivity index (χ3v) is 4.65. The molecule has 7 nitrogen and oxygen atoms in total. The van der Waals surface area contributed by atoms with E-state index in [1.54, 1.807) is 41.3 Å². The zero-order chi connectivity index (χ0) is 17.3. The summed E-state index contributed by atoms with van der Waals surface area (Å²) in [5, 5.41) is 23.5. The van der Waals surface area contributed by atoms with Gasteiger partial charge in [0, 0.05) is 18.0 Å². The number of pyridine rings is 1. The van der Waals surface area contributed by atoms with Crippen molar-refractivity contribution in [1.82, 2.24) is 14.8 Å². The van der Waals surface area contributed by atoms with Crippen LogP contribution in [0, 0.1) is 0 Å². The van der Waals surface area contributed by atoms with Gasteiger partial charge >= 0.3 is 0 Å². The van der Waals surface area contributed by atoms with Crippen LogP contribution in [-0.4, -0.2) is 39.7 Å². The van der Waals surface area contributed by atoms with E-state index in [0.29, 0.717) is 22.6 Å². The van der Waals surface area contributed by atoms with Gasteiger partial charge in [-0.25, -0.2) is 18.1 Å². The predicted octanol–water partition coefficient (Wildman–Crippen LogP) is 1.54. The van der Waals surface area contributed by atoms with Gasteiger partial charge in [0.2, 0.25) is 0 Å². The molecule has 3 rings (SSSR count). The van der Waals surface area contributed by atoms with Gasteiger partial charge in [-0.1, -0.05) is 6.07 Å². The fraction of sp³-hybridized carbons (Fsp3) is 0.125. The van der Waals surface area contributed by atoms with E-state index in [-0.39, 0.29) is 17.3 Å². The topological polar surface area (TPSA) is 105 Å². The van der Waals surface area contributed by atoms with Gasteiger partial charge in [-0.2, -0.15) is 5.10 Å². The maximum atomic E-state index is 11.6. The van der Waals surface area contributed by atoms with Crippen LogP contribution in [-0.2, 0) is 16.4 Å². The first-order valence-electron chi connectivity index (χ1n) is 7.04. The molecule has 2 N–H and O–H groups in total. The summed E-state index contributed by atoms with van der Waals surface area (Å²) < 4.78 is 24.7. The van der Waals surface area contributed by atoms with Gasteiger partial charge in [-0.05, 0) is 35.9 Å². The SMILES string of the molecule is CS(=O)(=O)c1ccc(-c2ccnn2-c2cc(CO)ccn2)cc1O. The van der Waals surface area contributed by atoms with Crippen molar-refractivity contribution >= 4 is 9.84 Å². The molecule has 0 saturated carbocycles. The molecule has 0 saturated heterocycles. The molecule has 0 radical (unpaired) electrons. The summed E-state index contributed by atoms with van der Waals surface area (Å²) in [6.45, 7) is -0.115. The molecule has 2 heterocycles. The summed E-state index contributed by atoms with van der Waals surface area (Å²) in [4.78, 5) is 4.10. The molecular weight excluding hydrogens is 330 g/mol. The molecule has 24 heavy (non-hydrogen) atoms. The molecule has 1 aromatic carbocycles. The lowest BCUT2D eigenvalue weighted by atomic mass is 10.1. The number of nitrogens with zero attached hydrogens (tertiary/aromatic N) is 3. The van der Waals surface area contributed by atoms with Crippen LogP contribution in [0.3, 0.4) is 0 Å². The molecule has 0 aliphatic rings. The van der Waals surface area contributed by atoms with E-state index in [4.69, 9.17) is 0 Å². The number of sulfone groups is 1. The molecule has 3 aromatic rings. The van der Waals surface area contributed by atoms with E-state index in [1.807, 2.05) is 0 Å². The second-order valence-corrected chi connectivity index (χ2v) is 7.25. The van der Waals surface area contributed by atoms with E-state index in [0.717, 1.165) is 6.26 Å². The molecular formula is C16H15N3O4S. The molecule has 0 amide bonds. The van der Waals surface area contributed by atoms with Crippen LogP contribution in [0.4, 0.5) is 0 Å². The summed E-state index contributed by atoms with van der Waals surface area (Å²) in [5.74, 6) is 0.188. The third-order valence-electron chi connectivity index (χ3n) is 3.51. The minimum Gasteiger partial charge on any atom is -0.507 e. The van der Waals surface area contributed by atoms with Gasteiger partial charge in [-0.3, -0.25) is 0 Å². The van der Waals surface area contributed by atoms with E-state index < -0.39 is 9.84 Å². The Morgan fingerprint density at radius 3 is 2.58 bits per heavy atom. The first-order chi connectivity index (χ1) is 11.4. The number of hydrogen-bond acceptors (Lipinski definition) is 6. The molecule has 124 valence electrons. The Morgan fingerprint density at radius 2 is 1.92 bits per heavy atom. The van der Waals surface area contributed by atoms with Crippen molar-refractivity contribution in [3.63, 3.8) is 0 Å². The van der Waals surface area contributed by atoms with Crippen LogP contribution in [0.5, 0.6) is 5.75 Å². The van der Waals surface area contributed by atoms with Crippen LogP contribution in [0.25, 0.3) is 17.1 Å². The number of benzene rings is 1. The highest BCUT2D eigenvalue weighted by Gasteiger charge is 2.16. The zero-order valence-electron chi connectivity index (χ0n) is 12.8. The van der Waals surface area contributed by atoms with E-state index in [1.165, 1.54) is 12.1 Å². The van der Waals surface area contributed by atoms with Crippen LogP contribution >= 0.6 is 0 Å². The molecule has 8 heteroatoms. The Hall–Kier alpha value is -2.71. The standard InChI is InChI=1S/C16H15N3O4S/c1-24(22,23)15-3-2-12(9-14(15)21)13-5-7-18-19(13)16-8-11(10-20)4-6-17-16/h2-9,20-21H,10H2,1H3. The number of aliphatic hydroxyl groups excluding tert-OH is 1. The molecule has 0 aliphatic heterocycles. The molecule has 0 fully saturated rings. The number of aromatic hydroxyl groups is 1. The molecule has 0 bridgehead atoms. The fourth-order valence-electron chi connectivity index (χ4n) is 2.37.